The van der Waals surface area contributed by atoms with Gasteiger partial charge in [-0.15, -0.1) is 0 Å². The Hall–Kier alpha value is -1.21. The number of sulfone groups is 1. The van der Waals surface area contributed by atoms with Crippen LogP contribution in [-0.4, -0.2) is 38.1 Å². The van der Waals surface area contributed by atoms with Gasteiger partial charge in [-0.05, 0) is 32.1 Å². The normalized spacial score (nSPS) is 26.1. The van der Waals surface area contributed by atoms with Gasteiger partial charge in [-0.3, -0.25) is 0 Å². The van der Waals surface area contributed by atoms with Crippen LogP contribution in [0.25, 0.3) is 0 Å². The lowest BCUT2D eigenvalue weighted by atomic mass is 10.2. The van der Waals surface area contributed by atoms with Crippen LogP contribution in [-0.2, 0) is 19.3 Å². The molecule has 0 bridgehead atoms. The van der Waals surface area contributed by atoms with Gasteiger partial charge in [0.15, 0.2) is 15.6 Å². The van der Waals surface area contributed by atoms with Crippen LogP contribution in [0, 0.1) is 0 Å². The Morgan fingerprint density at radius 2 is 1.90 bits per heavy atom. The van der Waals surface area contributed by atoms with Gasteiger partial charge in [0.1, 0.15) is 12.2 Å². The average molecular weight is 298 g/mol. The summed E-state index contributed by atoms with van der Waals surface area (Å²) in [6, 6.07) is 8.13. The first-order chi connectivity index (χ1) is 9.34. The highest BCUT2D eigenvalue weighted by Gasteiger charge is 2.39. The molecule has 1 N–H and O–H groups in total. The van der Waals surface area contributed by atoms with Crippen LogP contribution in [0.3, 0.4) is 0 Å². The van der Waals surface area contributed by atoms with E-state index in [4.69, 9.17) is 9.47 Å². The smallest absolute Gasteiger partial charge is 0.199 e. The van der Waals surface area contributed by atoms with Gasteiger partial charge in [-0.2, -0.15) is 0 Å². The Balaban J connectivity index is 2.17. The quantitative estimate of drug-likeness (QED) is 0.911. The standard InChI is InChI=1S/C14H18O5S/c1-14(2)18-12(13(10-15)19-14)8-9-20(16,17)11-6-4-3-5-7-11/h3-9,12-13,15H,10H2,1-2H3/b9-8+/t12-,13+/m0/s1. The minimum absolute atomic E-state index is 0.218. The van der Waals surface area contributed by atoms with E-state index in [1.807, 2.05) is 0 Å². The molecule has 0 unspecified atom stereocenters. The van der Waals surface area contributed by atoms with Crippen molar-refractivity contribution in [1.82, 2.24) is 0 Å². The maximum atomic E-state index is 12.1. The maximum absolute atomic E-state index is 12.1. The molecular weight excluding hydrogens is 280 g/mol. The summed E-state index contributed by atoms with van der Waals surface area (Å²) in [5.41, 5.74) is 0. The van der Waals surface area contributed by atoms with E-state index in [0.717, 1.165) is 5.41 Å². The van der Waals surface area contributed by atoms with Crippen molar-refractivity contribution in [3.8, 4) is 0 Å². The van der Waals surface area contributed by atoms with Crippen molar-refractivity contribution in [2.24, 2.45) is 0 Å². The summed E-state index contributed by atoms with van der Waals surface area (Å²) in [5, 5.41) is 10.3. The number of aliphatic hydroxyl groups excluding tert-OH is 1. The number of ether oxygens (including phenoxy) is 2. The molecule has 0 radical (unpaired) electrons. The van der Waals surface area contributed by atoms with E-state index in [2.05, 4.69) is 0 Å². The lowest BCUT2D eigenvalue weighted by Gasteiger charge is -2.15. The highest BCUT2D eigenvalue weighted by molar-refractivity contribution is 7.94. The second-order valence-corrected chi connectivity index (χ2v) is 6.84. The molecule has 1 fully saturated rings. The second kappa shape index (κ2) is 5.65. The topological polar surface area (TPSA) is 72.8 Å². The van der Waals surface area contributed by atoms with Gasteiger partial charge in [-0.1, -0.05) is 18.2 Å². The molecular formula is C14H18O5S. The van der Waals surface area contributed by atoms with E-state index in [1.165, 1.54) is 18.2 Å². The molecule has 110 valence electrons. The molecule has 1 aromatic rings. The first-order valence-corrected chi connectivity index (χ1v) is 7.83. The van der Waals surface area contributed by atoms with Crippen molar-refractivity contribution < 1.29 is 23.0 Å². The average Bonchev–Trinajstić information content (AvgIpc) is 2.72. The minimum atomic E-state index is -3.51. The largest absolute Gasteiger partial charge is 0.394 e. The van der Waals surface area contributed by atoms with Gasteiger partial charge in [-0.25, -0.2) is 8.42 Å². The third-order valence-corrected chi connectivity index (χ3v) is 4.37. The van der Waals surface area contributed by atoms with Crippen molar-refractivity contribution in [1.29, 1.82) is 0 Å². The third kappa shape index (κ3) is 3.46. The molecule has 20 heavy (non-hydrogen) atoms. The molecule has 5 nitrogen and oxygen atoms in total. The molecule has 2 rings (SSSR count). The predicted molar refractivity (Wildman–Crippen MR) is 73.7 cm³/mol. The SMILES string of the molecule is CC1(C)O[C@@H](/C=C/S(=O)(=O)c2ccccc2)[C@@H](CO)O1. The first-order valence-electron chi connectivity index (χ1n) is 6.29. The molecule has 1 heterocycles. The van der Waals surface area contributed by atoms with Gasteiger partial charge < -0.3 is 14.6 Å². The highest BCUT2D eigenvalue weighted by atomic mass is 32.2. The van der Waals surface area contributed by atoms with Crippen LogP contribution in [0.5, 0.6) is 0 Å². The van der Waals surface area contributed by atoms with Crippen LogP contribution in [0.1, 0.15) is 13.8 Å². The zero-order valence-corrected chi connectivity index (χ0v) is 12.2. The Bertz CT molecular complexity index is 577. The van der Waals surface area contributed by atoms with Gasteiger partial charge in [0.25, 0.3) is 0 Å². The zero-order valence-electron chi connectivity index (χ0n) is 11.4. The van der Waals surface area contributed by atoms with Crippen molar-refractivity contribution in [2.45, 2.75) is 36.7 Å². The monoisotopic (exact) mass is 298 g/mol. The zero-order chi connectivity index (χ0) is 14.8. The molecule has 0 aliphatic carbocycles. The van der Waals surface area contributed by atoms with E-state index < -0.39 is 27.8 Å². The minimum Gasteiger partial charge on any atom is -0.394 e. The number of hydrogen-bond donors (Lipinski definition) is 1. The van der Waals surface area contributed by atoms with E-state index in [-0.39, 0.29) is 11.5 Å². The van der Waals surface area contributed by atoms with Crippen LogP contribution >= 0.6 is 0 Å². The number of benzene rings is 1. The Kier molecular flexibility index (Phi) is 4.29. The fourth-order valence-electron chi connectivity index (χ4n) is 2.04. The summed E-state index contributed by atoms with van der Waals surface area (Å²) >= 11 is 0. The van der Waals surface area contributed by atoms with Crippen molar-refractivity contribution in [3.63, 3.8) is 0 Å². The third-order valence-electron chi connectivity index (χ3n) is 2.92. The van der Waals surface area contributed by atoms with Crippen LogP contribution in [0.15, 0.2) is 46.7 Å². The summed E-state index contributed by atoms with van der Waals surface area (Å²) in [4.78, 5) is 0.218. The molecule has 0 saturated carbocycles. The maximum Gasteiger partial charge on any atom is 0.199 e. The molecule has 0 amide bonds. The molecule has 2 atom stereocenters. The molecule has 1 aliphatic rings. The van der Waals surface area contributed by atoms with Crippen LogP contribution < -0.4 is 0 Å². The number of aliphatic hydroxyl groups is 1. The Morgan fingerprint density at radius 1 is 1.25 bits per heavy atom. The van der Waals surface area contributed by atoms with Crippen LogP contribution in [0.4, 0.5) is 0 Å². The Labute approximate surface area is 118 Å². The van der Waals surface area contributed by atoms with E-state index in [9.17, 15) is 13.5 Å². The van der Waals surface area contributed by atoms with Crippen molar-refractivity contribution >= 4 is 9.84 Å². The summed E-state index contributed by atoms with van der Waals surface area (Å²) in [6.45, 7) is 3.20. The molecule has 1 aromatic carbocycles. The van der Waals surface area contributed by atoms with Gasteiger partial charge in [0.05, 0.1) is 11.5 Å². The van der Waals surface area contributed by atoms with Crippen LogP contribution in [0.2, 0.25) is 0 Å². The molecule has 1 aliphatic heterocycles. The highest BCUT2D eigenvalue weighted by Crippen LogP contribution is 2.29. The van der Waals surface area contributed by atoms with E-state index >= 15 is 0 Å². The van der Waals surface area contributed by atoms with Crippen molar-refractivity contribution in [3.05, 3.63) is 41.8 Å². The molecule has 0 aromatic heterocycles. The van der Waals surface area contributed by atoms with E-state index in [1.54, 1.807) is 32.0 Å². The summed E-state index contributed by atoms with van der Waals surface area (Å²) in [5.74, 6) is -0.834. The fourth-order valence-corrected chi connectivity index (χ4v) is 3.09. The fraction of sp³-hybridized carbons (Fsp3) is 0.429. The summed E-state index contributed by atoms with van der Waals surface area (Å²) < 4.78 is 35.2. The van der Waals surface area contributed by atoms with Gasteiger partial charge in [0, 0.05) is 5.41 Å². The van der Waals surface area contributed by atoms with Crippen molar-refractivity contribution in [2.75, 3.05) is 6.61 Å². The van der Waals surface area contributed by atoms with Gasteiger partial charge >= 0.3 is 0 Å². The summed E-state index contributed by atoms with van der Waals surface area (Å²) in [6.07, 6.45) is 0.263. The molecule has 0 spiro atoms. The van der Waals surface area contributed by atoms with E-state index in [0.29, 0.717) is 0 Å². The van der Waals surface area contributed by atoms with Gasteiger partial charge in [0.2, 0.25) is 0 Å². The lowest BCUT2D eigenvalue weighted by molar-refractivity contribution is -0.146. The number of rotatable bonds is 4. The number of hydrogen-bond acceptors (Lipinski definition) is 5. The summed E-state index contributed by atoms with van der Waals surface area (Å²) in [7, 11) is -3.51. The predicted octanol–water partition coefficient (Wildman–Crippen LogP) is 1.49. The Morgan fingerprint density at radius 3 is 2.50 bits per heavy atom. The molecule has 1 saturated heterocycles. The second-order valence-electron chi connectivity index (χ2n) is 5.01. The molecule has 6 heteroatoms. The lowest BCUT2D eigenvalue weighted by Crippen LogP contribution is -2.24. The first kappa shape index (κ1) is 15.2.